The maximum Gasteiger partial charge on any atom is 0.233 e. The Bertz CT molecular complexity index is 1070. The summed E-state index contributed by atoms with van der Waals surface area (Å²) in [6.45, 7) is 11.7. The van der Waals surface area contributed by atoms with E-state index in [9.17, 15) is 4.79 Å². The van der Waals surface area contributed by atoms with E-state index in [-0.39, 0.29) is 5.91 Å². The lowest BCUT2D eigenvalue weighted by molar-refractivity contribution is -0.128. The number of aromatic nitrogens is 2. The third-order valence-electron chi connectivity index (χ3n) is 5.75. The molecular weight excluding hydrogens is 412 g/mol. The van der Waals surface area contributed by atoms with E-state index in [1.165, 1.54) is 21.7 Å². The molecule has 0 unspecified atom stereocenters. The Morgan fingerprint density at radius 2 is 1.90 bits per heavy atom. The number of piperazine rings is 1. The Kier molecular flexibility index (Phi) is 6.29. The molecule has 3 aromatic rings. The Labute approximate surface area is 186 Å². The smallest absolute Gasteiger partial charge is 0.233 e. The highest BCUT2D eigenvalue weighted by Crippen LogP contribution is 2.32. The minimum absolute atomic E-state index is 0.191. The number of amides is 1. The molecule has 0 aliphatic carbocycles. The Hall–Kier alpha value is -2.12. The van der Waals surface area contributed by atoms with Crippen LogP contribution in [0.1, 0.15) is 28.8 Å². The molecule has 1 aromatic carbocycles. The molecule has 1 aliphatic rings. The van der Waals surface area contributed by atoms with Crippen molar-refractivity contribution >= 4 is 44.9 Å². The first-order valence-electron chi connectivity index (χ1n) is 10.4. The van der Waals surface area contributed by atoms with Crippen LogP contribution in [0.2, 0.25) is 0 Å². The van der Waals surface area contributed by atoms with Crippen molar-refractivity contribution in [3.63, 3.8) is 0 Å². The molecule has 0 N–H and O–H groups in total. The summed E-state index contributed by atoms with van der Waals surface area (Å²) in [6, 6.07) is 8.63. The molecule has 30 heavy (non-hydrogen) atoms. The molecule has 4 rings (SSSR count). The van der Waals surface area contributed by atoms with Gasteiger partial charge in [0.2, 0.25) is 5.91 Å². The van der Waals surface area contributed by atoms with Crippen LogP contribution in [0.25, 0.3) is 10.2 Å². The summed E-state index contributed by atoms with van der Waals surface area (Å²) >= 11 is 3.26. The molecule has 1 aliphatic heterocycles. The summed E-state index contributed by atoms with van der Waals surface area (Å²) in [5.74, 6) is 1.38. The van der Waals surface area contributed by atoms with Crippen LogP contribution >= 0.6 is 23.1 Å². The van der Waals surface area contributed by atoms with Gasteiger partial charge >= 0.3 is 0 Å². The zero-order chi connectivity index (χ0) is 21.3. The number of nitrogens with zero attached hydrogens (tertiary/aromatic N) is 4. The van der Waals surface area contributed by atoms with Crippen LogP contribution in [0.5, 0.6) is 0 Å². The van der Waals surface area contributed by atoms with Gasteiger partial charge < -0.3 is 9.80 Å². The summed E-state index contributed by atoms with van der Waals surface area (Å²) in [4.78, 5) is 28.8. The average Bonchev–Trinajstić information content (AvgIpc) is 3.17. The fraction of sp³-hybridized carbons (Fsp3) is 0.435. The van der Waals surface area contributed by atoms with Gasteiger partial charge in [-0.2, -0.15) is 0 Å². The van der Waals surface area contributed by atoms with Gasteiger partial charge in [0, 0.05) is 42.1 Å². The van der Waals surface area contributed by atoms with Gasteiger partial charge in [-0.3, -0.25) is 4.79 Å². The third-order valence-corrected chi connectivity index (χ3v) is 7.90. The third kappa shape index (κ3) is 4.32. The van der Waals surface area contributed by atoms with Gasteiger partial charge in [0.05, 0.1) is 5.75 Å². The van der Waals surface area contributed by atoms with Crippen LogP contribution in [0.4, 0.5) is 5.69 Å². The van der Waals surface area contributed by atoms with Crippen LogP contribution < -0.4 is 4.90 Å². The van der Waals surface area contributed by atoms with E-state index < -0.39 is 0 Å². The maximum absolute atomic E-state index is 12.9. The lowest BCUT2D eigenvalue weighted by Gasteiger charge is -2.37. The SMILES string of the molecule is CCc1cc2c(SCC(=O)N3CCN(c4cccc(C)c4C)CC3)nc(C)nc2s1. The minimum Gasteiger partial charge on any atom is -0.368 e. The molecule has 5 nitrogen and oxygen atoms in total. The lowest BCUT2D eigenvalue weighted by atomic mass is 10.1. The first-order valence-corrected chi connectivity index (χ1v) is 12.2. The van der Waals surface area contributed by atoms with Crippen molar-refractivity contribution in [2.24, 2.45) is 0 Å². The van der Waals surface area contributed by atoms with Crippen LogP contribution in [0, 0.1) is 20.8 Å². The van der Waals surface area contributed by atoms with Gasteiger partial charge in [0.1, 0.15) is 15.7 Å². The summed E-state index contributed by atoms with van der Waals surface area (Å²) in [5.41, 5.74) is 3.94. The van der Waals surface area contributed by atoms with E-state index in [4.69, 9.17) is 0 Å². The van der Waals surface area contributed by atoms with Crippen molar-refractivity contribution in [1.29, 1.82) is 0 Å². The summed E-state index contributed by atoms with van der Waals surface area (Å²) in [7, 11) is 0. The fourth-order valence-corrected chi connectivity index (χ4v) is 5.86. The molecule has 1 amide bonds. The topological polar surface area (TPSA) is 49.3 Å². The van der Waals surface area contributed by atoms with Crippen LogP contribution in [0.3, 0.4) is 0 Å². The van der Waals surface area contributed by atoms with Gasteiger partial charge in [-0.05, 0) is 50.5 Å². The largest absolute Gasteiger partial charge is 0.368 e. The lowest BCUT2D eigenvalue weighted by Crippen LogP contribution is -2.49. The second kappa shape index (κ2) is 8.94. The molecule has 1 saturated heterocycles. The molecule has 0 radical (unpaired) electrons. The van der Waals surface area contributed by atoms with Crippen molar-refractivity contribution in [1.82, 2.24) is 14.9 Å². The predicted octanol–water partition coefficient (Wildman–Crippen LogP) is 4.62. The van der Waals surface area contributed by atoms with E-state index in [1.54, 1.807) is 23.1 Å². The van der Waals surface area contributed by atoms with E-state index in [2.05, 4.69) is 59.9 Å². The Balaban J connectivity index is 1.38. The fourth-order valence-electron chi connectivity index (χ4n) is 3.83. The quantitative estimate of drug-likeness (QED) is 0.428. The predicted molar refractivity (Wildman–Crippen MR) is 127 cm³/mol. The van der Waals surface area contributed by atoms with E-state index >= 15 is 0 Å². The average molecular weight is 441 g/mol. The molecule has 1 fully saturated rings. The van der Waals surface area contributed by atoms with Gasteiger partial charge in [0.15, 0.2) is 0 Å². The maximum atomic E-state index is 12.9. The molecule has 7 heteroatoms. The summed E-state index contributed by atoms with van der Waals surface area (Å²) in [5, 5.41) is 2.01. The molecule has 2 aromatic heterocycles. The molecule has 158 valence electrons. The van der Waals surface area contributed by atoms with Gasteiger partial charge in [-0.25, -0.2) is 9.97 Å². The number of carbonyl (C=O) groups is 1. The minimum atomic E-state index is 0.191. The molecule has 0 bridgehead atoms. The second-order valence-electron chi connectivity index (χ2n) is 7.74. The van der Waals surface area contributed by atoms with E-state index in [0.717, 1.165) is 53.7 Å². The van der Waals surface area contributed by atoms with Crippen molar-refractivity contribution in [3.05, 3.63) is 46.1 Å². The van der Waals surface area contributed by atoms with E-state index in [1.807, 2.05) is 11.8 Å². The van der Waals surface area contributed by atoms with Crippen molar-refractivity contribution in [3.8, 4) is 0 Å². The highest BCUT2D eigenvalue weighted by Gasteiger charge is 2.23. The van der Waals surface area contributed by atoms with E-state index in [0.29, 0.717) is 5.75 Å². The monoisotopic (exact) mass is 440 g/mol. The number of benzene rings is 1. The number of thioether (sulfide) groups is 1. The normalized spacial score (nSPS) is 14.5. The number of anilines is 1. The standard InChI is InChI=1S/C23H28N4OS2/c1-5-18-13-19-22(24-17(4)25-23(19)30-18)29-14-21(28)27-11-9-26(10-12-27)20-8-6-7-15(2)16(20)3/h6-8,13H,5,9-12,14H2,1-4H3. The number of rotatable bonds is 5. The highest BCUT2D eigenvalue weighted by molar-refractivity contribution is 8.00. The summed E-state index contributed by atoms with van der Waals surface area (Å²) in [6.07, 6.45) is 0.994. The zero-order valence-corrected chi connectivity index (χ0v) is 19.7. The molecule has 0 atom stereocenters. The number of fused-ring (bicyclic) bond motifs is 1. The van der Waals surface area contributed by atoms with Crippen LogP contribution in [-0.2, 0) is 11.2 Å². The van der Waals surface area contributed by atoms with Crippen LogP contribution in [-0.4, -0.2) is 52.7 Å². The van der Waals surface area contributed by atoms with Crippen molar-refractivity contribution in [2.75, 3.05) is 36.8 Å². The number of aryl methyl sites for hydroxylation is 3. The number of thiophene rings is 1. The van der Waals surface area contributed by atoms with Crippen molar-refractivity contribution in [2.45, 2.75) is 39.1 Å². The zero-order valence-electron chi connectivity index (χ0n) is 18.1. The molecular formula is C23H28N4OS2. The highest BCUT2D eigenvalue weighted by atomic mass is 32.2. The van der Waals surface area contributed by atoms with Crippen molar-refractivity contribution < 1.29 is 4.79 Å². The van der Waals surface area contributed by atoms with Gasteiger partial charge in [-0.1, -0.05) is 30.8 Å². The molecule has 3 heterocycles. The van der Waals surface area contributed by atoms with Gasteiger partial charge in [0.25, 0.3) is 0 Å². The number of hydrogen-bond acceptors (Lipinski definition) is 6. The summed E-state index contributed by atoms with van der Waals surface area (Å²) < 4.78 is 0. The Morgan fingerprint density at radius 1 is 1.13 bits per heavy atom. The van der Waals surface area contributed by atoms with Crippen LogP contribution in [0.15, 0.2) is 29.3 Å². The number of carbonyl (C=O) groups excluding carboxylic acids is 1. The van der Waals surface area contributed by atoms with Gasteiger partial charge in [-0.15, -0.1) is 11.3 Å². The first kappa shape index (κ1) is 21.1. The molecule has 0 spiro atoms. The number of hydrogen-bond donors (Lipinski definition) is 0. The second-order valence-corrected chi connectivity index (χ2v) is 9.82. The Morgan fingerprint density at radius 3 is 2.63 bits per heavy atom. The first-order chi connectivity index (χ1) is 14.5. The molecule has 0 saturated carbocycles.